The zero-order valence-electron chi connectivity index (χ0n) is 13.5. The van der Waals surface area contributed by atoms with E-state index in [0.717, 1.165) is 17.7 Å². The van der Waals surface area contributed by atoms with Crippen molar-refractivity contribution < 1.29 is 19.1 Å². The van der Waals surface area contributed by atoms with Crippen LogP contribution >= 0.6 is 0 Å². The summed E-state index contributed by atoms with van der Waals surface area (Å²) in [5.74, 6) is 1.28. The van der Waals surface area contributed by atoms with Crippen LogP contribution in [0.15, 0.2) is 18.2 Å². The van der Waals surface area contributed by atoms with Crippen LogP contribution < -0.4 is 20.1 Å². The third-order valence-electron chi connectivity index (χ3n) is 4.03. The molecule has 1 aromatic carbocycles. The Labute approximate surface area is 135 Å². The van der Waals surface area contributed by atoms with Gasteiger partial charge in [-0.1, -0.05) is 12.1 Å². The molecule has 1 aromatic rings. The second-order valence-electron chi connectivity index (χ2n) is 6.58. The Balaban J connectivity index is 1.48. The van der Waals surface area contributed by atoms with Gasteiger partial charge >= 0.3 is 0 Å². The summed E-state index contributed by atoms with van der Waals surface area (Å²) in [6.07, 6.45) is 1.83. The van der Waals surface area contributed by atoms with Crippen LogP contribution in [0, 0.1) is 0 Å². The summed E-state index contributed by atoms with van der Waals surface area (Å²) < 4.78 is 11.7. The molecule has 2 N–H and O–H groups in total. The molecule has 0 saturated carbocycles. The second kappa shape index (κ2) is 6.10. The van der Waals surface area contributed by atoms with Crippen molar-refractivity contribution in [2.75, 3.05) is 13.2 Å². The van der Waals surface area contributed by atoms with Crippen LogP contribution in [0.1, 0.15) is 32.3 Å². The van der Waals surface area contributed by atoms with E-state index in [4.69, 9.17) is 9.47 Å². The molecule has 0 unspecified atom stereocenters. The maximum Gasteiger partial charge on any atom is 0.242 e. The van der Waals surface area contributed by atoms with Crippen molar-refractivity contribution in [1.82, 2.24) is 10.6 Å². The Morgan fingerprint density at radius 2 is 2.30 bits per heavy atom. The number of nitrogens with one attached hydrogen (secondary N) is 2. The van der Waals surface area contributed by atoms with E-state index in [-0.39, 0.29) is 17.4 Å². The predicted molar refractivity (Wildman–Crippen MR) is 84.5 cm³/mol. The molecule has 6 nitrogen and oxygen atoms in total. The van der Waals surface area contributed by atoms with Crippen molar-refractivity contribution >= 4 is 11.8 Å². The lowest BCUT2D eigenvalue weighted by Gasteiger charge is -2.18. The number of hydrogen-bond donors (Lipinski definition) is 2. The molecule has 1 atom stereocenters. The molecule has 0 aromatic heterocycles. The van der Waals surface area contributed by atoms with Crippen molar-refractivity contribution in [2.24, 2.45) is 0 Å². The van der Waals surface area contributed by atoms with Gasteiger partial charge in [0.2, 0.25) is 11.8 Å². The van der Waals surface area contributed by atoms with E-state index in [2.05, 4.69) is 10.6 Å². The van der Waals surface area contributed by atoms with Gasteiger partial charge in [0.1, 0.15) is 18.2 Å². The molecule has 2 aliphatic heterocycles. The lowest BCUT2D eigenvalue weighted by Crippen LogP contribution is -2.42. The molecule has 23 heavy (non-hydrogen) atoms. The normalized spacial score (nSPS) is 21.3. The van der Waals surface area contributed by atoms with Crippen LogP contribution in [0.25, 0.3) is 0 Å². The largest absolute Gasteiger partial charge is 0.488 e. The number of rotatable bonds is 5. The van der Waals surface area contributed by atoms with Crippen molar-refractivity contribution in [2.45, 2.75) is 44.8 Å². The Bertz CT molecular complexity index is 627. The predicted octanol–water partition coefficient (Wildman–Crippen LogP) is 1.17. The van der Waals surface area contributed by atoms with Gasteiger partial charge in [-0.15, -0.1) is 0 Å². The number of carbonyl (C=O) groups excluding carboxylic acids is 2. The number of carbonyl (C=O) groups is 2. The first kappa shape index (κ1) is 15.6. The van der Waals surface area contributed by atoms with E-state index in [0.29, 0.717) is 31.7 Å². The molecular weight excluding hydrogens is 296 g/mol. The highest BCUT2D eigenvalue weighted by atomic mass is 16.5. The molecule has 3 rings (SSSR count). The first-order chi connectivity index (χ1) is 10.9. The minimum atomic E-state index is -0.410. The third-order valence-corrected chi connectivity index (χ3v) is 4.03. The SMILES string of the molecule is CC1(C)Cc2cccc(OCCNC(=O)[C@@H]3CCC(=O)N3)c2O1. The summed E-state index contributed by atoms with van der Waals surface area (Å²) in [7, 11) is 0. The van der Waals surface area contributed by atoms with E-state index >= 15 is 0 Å². The van der Waals surface area contributed by atoms with Gasteiger partial charge in [-0.3, -0.25) is 9.59 Å². The summed E-state index contributed by atoms with van der Waals surface area (Å²) in [4.78, 5) is 23.0. The van der Waals surface area contributed by atoms with Crippen LogP contribution in [0.4, 0.5) is 0 Å². The van der Waals surface area contributed by atoms with Crippen molar-refractivity contribution in [3.63, 3.8) is 0 Å². The highest BCUT2D eigenvalue weighted by Crippen LogP contribution is 2.41. The van der Waals surface area contributed by atoms with Crippen LogP contribution in [0.3, 0.4) is 0 Å². The van der Waals surface area contributed by atoms with Gasteiger partial charge in [0.15, 0.2) is 11.5 Å². The molecule has 6 heteroatoms. The maximum atomic E-state index is 11.9. The van der Waals surface area contributed by atoms with Gasteiger partial charge in [-0.2, -0.15) is 0 Å². The zero-order valence-corrected chi connectivity index (χ0v) is 13.5. The van der Waals surface area contributed by atoms with E-state index in [1.165, 1.54) is 0 Å². The van der Waals surface area contributed by atoms with Gasteiger partial charge in [-0.25, -0.2) is 0 Å². The molecule has 124 valence electrons. The fourth-order valence-corrected chi connectivity index (χ4v) is 2.97. The smallest absolute Gasteiger partial charge is 0.242 e. The Morgan fingerprint density at radius 1 is 1.48 bits per heavy atom. The molecule has 0 aliphatic carbocycles. The Hall–Kier alpha value is -2.24. The van der Waals surface area contributed by atoms with Crippen molar-refractivity contribution in [1.29, 1.82) is 0 Å². The van der Waals surface area contributed by atoms with E-state index in [1.807, 2.05) is 32.0 Å². The Kier molecular flexibility index (Phi) is 4.15. The summed E-state index contributed by atoms with van der Waals surface area (Å²) >= 11 is 0. The molecule has 0 spiro atoms. The lowest BCUT2D eigenvalue weighted by atomic mass is 10.0. The molecular formula is C17H22N2O4. The van der Waals surface area contributed by atoms with E-state index in [1.54, 1.807) is 0 Å². The van der Waals surface area contributed by atoms with Gasteiger partial charge in [0, 0.05) is 18.4 Å². The topological polar surface area (TPSA) is 76.7 Å². The Morgan fingerprint density at radius 3 is 3.04 bits per heavy atom. The number of para-hydroxylation sites is 1. The molecule has 1 fully saturated rings. The number of amides is 2. The highest BCUT2D eigenvalue weighted by molar-refractivity contribution is 5.90. The van der Waals surface area contributed by atoms with Crippen LogP contribution in [-0.4, -0.2) is 36.6 Å². The minimum absolute atomic E-state index is 0.0685. The molecule has 2 aliphatic rings. The van der Waals surface area contributed by atoms with Crippen LogP contribution in [0.5, 0.6) is 11.5 Å². The number of hydrogen-bond acceptors (Lipinski definition) is 4. The van der Waals surface area contributed by atoms with Gasteiger partial charge < -0.3 is 20.1 Å². The molecule has 0 radical (unpaired) electrons. The van der Waals surface area contributed by atoms with Gasteiger partial charge in [-0.05, 0) is 26.3 Å². The van der Waals surface area contributed by atoms with Crippen molar-refractivity contribution in [3.8, 4) is 11.5 Å². The number of ether oxygens (including phenoxy) is 2. The molecule has 1 saturated heterocycles. The fourth-order valence-electron chi connectivity index (χ4n) is 2.97. The lowest BCUT2D eigenvalue weighted by molar-refractivity contribution is -0.125. The average Bonchev–Trinajstić information content (AvgIpc) is 3.05. The van der Waals surface area contributed by atoms with Gasteiger partial charge in [0.05, 0.1) is 6.54 Å². The maximum absolute atomic E-state index is 11.9. The molecule has 0 bridgehead atoms. The summed E-state index contributed by atoms with van der Waals surface area (Å²) in [6, 6.07) is 5.46. The zero-order chi connectivity index (χ0) is 16.4. The summed E-state index contributed by atoms with van der Waals surface area (Å²) in [6.45, 7) is 4.84. The van der Waals surface area contributed by atoms with Crippen LogP contribution in [-0.2, 0) is 16.0 Å². The summed E-state index contributed by atoms with van der Waals surface area (Å²) in [5.41, 5.74) is 0.932. The van der Waals surface area contributed by atoms with E-state index < -0.39 is 6.04 Å². The third kappa shape index (κ3) is 3.57. The molecule has 2 amide bonds. The first-order valence-corrected chi connectivity index (χ1v) is 7.95. The molecule has 2 heterocycles. The fraction of sp³-hybridized carbons (Fsp3) is 0.529. The second-order valence-corrected chi connectivity index (χ2v) is 6.58. The van der Waals surface area contributed by atoms with E-state index in [9.17, 15) is 9.59 Å². The van der Waals surface area contributed by atoms with Crippen LogP contribution in [0.2, 0.25) is 0 Å². The highest BCUT2D eigenvalue weighted by Gasteiger charge is 2.32. The summed E-state index contributed by atoms with van der Waals surface area (Å²) in [5, 5.41) is 5.42. The monoisotopic (exact) mass is 318 g/mol. The minimum Gasteiger partial charge on any atom is -0.488 e. The standard InChI is InChI=1S/C17H22N2O4/c1-17(2)10-11-4-3-5-13(15(11)23-17)22-9-8-18-16(21)12-6-7-14(20)19-12/h3-5,12H,6-10H2,1-2H3,(H,18,21)(H,19,20)/t12-/m0/s1. The number of benzene rings is 1. The quantitative estimate of drug-likeness (QED) is 0.799. The average molecular weight is 318 g/mol. The number of fused-ring (bicyclic) bond motifs is 1. The first-order valence-electron chi connectivity index (χ1n) is 7.95. The van der Waals surface area contributed by atoms with Crippen molar-refractivity contribution in [3.05, 3.63) is 23.8 Å². The van der Waals surface area contributed by atoms with Gasteiger partial charge in [0.25, 0.3) is 0 Å².